The molecular weight excluding hydrogens is 312 g/mol. The first-order valence-corrected chi connectivity index (χ1v) is 6.84. The van der Waals surface area contributed by atoms with E-state index in [0.717, 1.165) is 38.5 Å². The molecule has 0 aliphatic rings. The number of benzene rings is 1. The van der Waals surface area contributed by atoms with Crippen molar-refractivity contribution >= 4 is 33.2 Å². The van der Waals surface area contributed by atoms with Crippen LogP contribution in [0.1, 0.15) is 16.8 Å². The summed E-state index contributed by atoms with van der Waals surface area (Å²) in [5.74, 6) is 0. The van der Waals surface area contributed by atoms with Gasteiger partial charge in [0.2, 0.25) is 0 Å². The molecule has 0 saturated carbocycles. The molecule has 2 nitrogen and oxygen atoms in total. The second kappa shape index (κ2) is 5.72. The number of anilines is 1. The number of pyridine rings is 1. The van der Waals surface area contributed by atoms with Crippen LogP contribution in [0.15, 0.2) is 34.9 Å². The van der Waals surface area contributed by atoms with E-state index in [1.54, 1.807) is 0 Å². The summed E-state index contributed by atoms with van der Waals surface area (Å²) in [6, 6.07) is 8.02. The van der Waals surface area contributed by atoms with Gasteiger partial charge >= 0.3 is 0 Å². The Morgan fingerprint density at radius 2 is 2.06 bits per heavy atom. The van der Waals surface area contributed by atoms with Crippen LogP contribution in [-0.4, -0.2) is 4.98 Å². The van der Waals surface area contributed by atoms with Gasteiger partial charge in [-0.15, -0.1) is 0 Å². The molecule has 1 N–H and O–H groups in total. The Kier molecular flexibility index (Phi) is 4.25. The van der Waals surface area contributed by atoms with Gasteiger partial charge in [0.25, 0.3) is 0 Å². The normalized spacial score (nSPS) is 10.4. The largest absolute Gasteiger partial charge is 0.380 e. The van der Waals surface area contributed by atoms with Gasteiger partial charge in [-0.25, -0.2) is 0 Å². The smallest absolute Gasteiger partial charge is 0.0502 e. The number of aromatic nitrogens is 1. The van der Waals surface area contributed by atoms with Crippen molar-refractivity contribution in [2.24, 2.45) is 0 Å². The lowest BCUT2D eigenvalue weighted by atomic mass is 10.2. The zero-order valence-corrected chi connectivity index (χ0v) is 12.6. The number of hydrogen-bond donors (Lipinski definition) is 1. The summed E-state index contributed by atoms with van der Waals surface area (Å²) in [7, 11) is 0. The molecule has 0 fully saturated rings. The molecule has 0 spiro atoms. The third-order valence-corrected chi connectivity index (χ3v) is 3.77. The fourth-order valence-electron chi connectivity index (χ4n) is 1.58. The van der Waals surface area contributed by atoms with Gasteiger partial charge in [-0.3, -0.25) is 4.98 Å². The molecule has 2 aromatic rings. The van der Waals surface area contributed by atoms with Crippen LogP contribution in [0, 0.1) is 13.8 Å². The molecule has 0 unspecified atom stereocenters. The zero-order valence-electron chi connectivity index (χ0n) is 10.3. The van der Waals surface area contributed by atoms with Crippen LogP contribution in [0.2, 0.25) is 5.02 Å². The highest BCUT2D eigenvalue weighted by molar-refractivity contribution is 9.10. The van der Waals surface area contributed by atoms with Crippen molar-refractivity contribution in [1.82, 2.24) is 4.98 Å². The van der Waals surface area contributed by atoms with E-state index >= 15 is 0 Å². The third-order valence-electron chi connectivity index (χ3n) is 2.70. The fourth-order valence-corrected chi connectivity index (χ4v) is 2.34. The van der Waals surface area contributed by atoms with Crippen LogP contribution < -0.4 is 5.32 Å². The molecule has 0 saturated heterocycles. The predicted octanol–water partition coefficient (Wildman–Crippen LogP) is 4.73. The van der Waals surface area contributed by atoms with E-state index in [2.05, 4.69) is 32.3 Å². The lowest BCUT2D eigenvalue weighted by molar-refractivity contribution is 1.08. The molecule has 0 aliphatic heterocycles. The van der Waals surface area contributed by atoms with Crippen LogP contribution in [0.5, 0.6) is 0 Å². The second-order valence-corrected chi connectivity index (χ2v) is 5.50. The van der Waals surface area contributed by atoms with E-state index in [9.17, 15) is 0 Å². The number of aryl methyl sites for hydroxylation is 2. The third kappa shape index (κ3) is 3.24. The predicted molar refractivity (Wildman–Crippen MR) is 80.2 cm³/mol. The van der Waals surface area contributed by atoms with Gasteiger partial charge in [-0.05, 0) is 59.1 Å². The number of hydrogen-bond acceptors (Lipinski definition) is 2. The molecule has 0 atom stereocenters. The van der Waals surface area contributed by atoms with E-state index in [1.165, 1.54) is 0 Å². The molecule has 2 rings (SSSR count). The number of nitrogens with zero attached hydrogens (tertiary/aromatic N) is 1. The maximum Gasteiger partial charge on any atom is 0.0502 e. The molecule has 0 bridgehead atoms. The molecule has 4 heteroatoms. The number of halogens is 2. The lowest BCUT2D eigenvalue weighted by Crippen LogP contribution is -2.01. The minimum atomic E-state index is 0.727. The topological polar surface area (TPSA) is 24.9 Å². The summed E-state index contributed by atoms with van der Waals surface area (Å²) in [5.41, 5.74) is 4.22. The molecule has 1 aromatic carbocycles. The zero-order chi connectivity index (χ0) is 13.1. The van der Waals surface area contributed by atoms with Crippen molar-refractivity contribution in [2.75, 3.05) is 5.32 Å². The van der Waals surface area contributed by atoms with E-state index in [0.29, 0.717) is 0 Å². The highest BCUT2D eigenvalue weighted by atomic mass is 79.9. The van der Waals surface area contributed by atoms with Gasteiger partial charge in [-0.2, -0.15) is 0 Å². The SMILES string of the molecule is Cc1ccc(CNc2cc(Cl)c(C)cc2Br)cn1. The minimum Gasteiger partial charge on any atom is -0.380 e. The molecule has 18 heavy (non-hydrogen) atoms. The quantitative estimate of drug-likeness (QED) is 0.882. The minimum absolute atomic E-state index is 0.727. The summed E-state index contributed by atoms with van der Waals surface area (Å²) in [5, 5.41) is 4.11. The molecule has 1 heterocycles. The van der Waals surface area contributed by atoms with Crippen molar-refractivity contribution in [3.63, 3.8) is 0 Å². The first-order valence-electron chi connectivity index (χ1n) is 5.67. The summed E-state index contributed by atoms with van der Waals surface area (Å²) >= 11 is 9.64. The van der Waals surface area contributed by atoms with Crippen LogP contribution in [0.25, 0.3) is 0 Å². The van der Waals surface area contributed by atoms with E-state index < -0.39 is 0 Å². The Morgan fingerprint density at radius 3 is 2.72 bits per heavy atom. The number of rotatable bonds is 3. The monoisotopic (exact) mass is 324 g/mol. The van der Waals surface area contributed by atoms with E-state index in [1.807, 2.05) is 38.2 Å². The van der Waals surface area contributed by atoms with E-state index in [4.69, 9.17) is 11.6 Å². The average molecular weight is 326 g/mol. The first-order chi connectivity index (χ1) is 8.56. The van der Waals surface area contributed by atoms with Gasteiger partial charge in [0.15, 0.2) is 0 Å². The molecule has 94 valence electrons. The molecule has 0 aliphatic carbocycles. The standard InChI is InChI=1S/C14H14BrClN2/c1-9-5-12(15)14(6-13(9)16)18-8-11-4-3-10(2)17-7-11/h3-7,18H,8H2,1-2H3. The van der Waals surface area contributed by atoms with Crippen LogP contribution in [-0.2, 0) is 6.54 Å². The Bertz CT molecular complexity index is 552. The summed E-state index contributed by atoms with van der Waals surface area (Å²) in [4.78, 5) is 4.27. The van der Waals surface area contributed by atoms with Crippen molar-refractivity contribution in [1.29, 1.82) is 0 Å². The van der Waals surface area contributed by atoms with Gasteiger partial charge in [-0.1, -0.05) is 17.7 Å². The number of nitrogens with one attached hydrogen (secondary N) is 1. The average Bonchev–Trinajstić information content (AvgIpc) is 2.34. The van der Waals surface area contributed by atoms with Gasteiger partial charge in [0.1, 0.15) is 0 Å². The highest BCUT2D eigenvalue weighted by Gasteiger charge is 2.04. The molecular formula is C14H14BrClN2. The van der Waals surface area contributed by atoms with Crippen LogP contribution >= 0.6 is 27.5 Å². The van der Waals surface area contributed by atoms with Crippen molar-refractivity contribution < 1.29 is 0 Å². The van der Waals surface area contributed by atoms with Crippen molar-refractivity contribution in [2.45, 2.75) is 20.4 Å². The maximum atomic E-state index is 6.12. The Balaban J connectivity index is 2.10. The first kappa shape index (κ1) is 13.4. The molecule has 0 amide bonds. The summed E-state index contributed by atoms with van der Waals surface area (Å²) < 4.78 is 1.02. The second-order valence-electron chi connectivity index (χ2n) is 4.24. The fraction of sp³-hybridized carbons (Fsp3) is 0.214. The van der Waals surface area contributed by atoms with Crippen molar-refractivity contribution in [3.8, 4) is 0 Å². The highest BCUT2D eigenvalue weighted by Crippen LogP contribution is 2.29. The van der Waals surface area contributed by atoms with Gasteiger partial charge in [0, 0.05) is 27.9 Å². The lowest BCUT2D eigenvalue weighted by Gasteiger charge is -2.10. The summed E-state index contributed by atoms with van der Waals surface area (Å²) in [6.45, 7) is 4.69. The van der Waals surface area contributed by atoms with Crippen molar-refractivity contribution in [3.05, 3.63) is 56.8 Å². The van der Waals surface area contributed by atoms with Crippen LogP contribution in [0.3, 0.4) is 0 Å². The Morgan fingerprint density at radius 1 is 1.28 bits per heavy atom. The Hall–Kier alpha value is -1.06. The summed E-state index contributed by atoms with van der Waals surface area (Å²) in [6.07, 6.45) is 1.88. The van der Waals surface area contributed by atoms with Gasteiger partial charge < -0.3 is 5.32 Å². The Labute approximate surface area is 121 Å². The van der Waals surface area contributed by atoms with E-state index in [-0.39, 0.29) is 0 Å². The maximum absolute atomic E-state index is 6.12. The molecule has 0 radical (unpaired) electrons. The van der Waals surface area contributed by atoms with Crippen LogP contribution in [0.4, 0.5) is 5.69 Å². The van der Waals surface area contributed by atoms with Gasteiger partial charge in [0.05, 0.1) is 5.69 Å². The molecule has 1 aromatic heterocycles.